The minimum Gasteiger partial charge on any atom is -0.506 e. The van der Waals surface area contributed by atoms with Crippen LogP contribution in [-0.2, 0) is 6.54 Å². The second-order valence-corrected chi connectivity index (χ2v) is 6.56. The quantitative estimate of drug-likeness (QED) is 0.756. The molecule has 5 heteroatoms. The Morgan fingerprint density at radius 1 is 1.28 bits per heavy atom. The van der Waals surface area contributed by atoms with Crippen LogP contribution in [0.5, 0.6) is 5.75 Å². The Morgan fingerprint density at radius 2 is 2.06 bits per heavy atom. The standard InChI is InChI=1S/C13H17Br2NO2/c14-9-4-8(13(18)12(15)5-9)7-16-10-2-1-3-11(17)6-10/h4-5,10-11,16-18H,1-3,6-7H2/t10-,11+/m1/s1. The van der Waals surface area contributed by atoms with Crippen LogP contribution in [0.15, 0.2) is 21.1 Å². The molecule has 2 rings (SSSR count). The van der Waals surface area contributed by atoms with Gasteiger partial charge in [-0.2, -0.15) is 0 Å². The van der Waals surface area contributed by atoms with E-state index in [1.807, 2.05) is 12.1 Å². The number of aromatic hydroxyl groups is 1. The van der Waals surface area contributed by atoms with Crippen molar-refractivity contribution in [1.29, 1.82) is 0 Å². The molecule has 2 atom stereocenters. The van der Waals surface area contributed by atoms with Crippen molar-refractivity contribution in [3.05, 3.63) is 26.6 Å². The number of phenolic OH excluding ortho intramolecular Hbond substituents is 1. The molecule has 18 heavy (non-hydrogen) atoms. The van der Waals surface area contributed by atoms with E-state index in [4.69, 9.17) is 0 Å². The smallest absolute Gasteiger partial charge is 0.134 e. The molecule has 0 saturated heterocycles. The Bertz CT molecular complexity index is 426. The number of aliphatic hydroxyl groups excluding tert-OH is 1. The van der Waals surface area contributed by atoms with E-state index in [0.717, 1.165) is 35.7 Å². The van der Waals surface area contributed by atoms with Crippen molar-refractivity contribution in [1.82, 2.24) is 5.32 Å². The number of halogens is 2. The van der Waals surface area contributed by atoms with E-state index in [9.17, 15) is 10.2 Å². The fraction of sp³-hybridized carbons (Fsp3) is 0.538. The van der Waals surface area contributed by atoms with E-state index >= 15 is 0 Å². The van der Waals surface area contributed by atoms with Gasteiger partial charge in [-0.05, 0) is 53.7 Å². The van der Waals surface area contributed by atoms with Crippen LogP contribution < -0.4 is 5.32 Å². The molecule has 0 aromatic heterocycles. The van der Waals surface area contributed by atoms with Crippen LogP contribution in [0.25, 0.3) is 0 Å². The Kier molecular flexibility index (Phi) is 5.06. The fourth-order valence-electron chi connectivity index (χ4n) is 2.36. The summed E-state index contributed by atoms with van der Waals surface area (Å²) in [6.45, 7) is 0.612. The Hall–Kier alpha value is -0.100. The number of hydrogen-bond donors (Lipinski definition) is 3. The summed E-state index contributed by atoms with van der Waals surface area (Å²) in [6.07, 6.45) is 3.68. The lowest BCUT2D eigenvalue weighted by Gasteiger charge is -2.27. The predicted molar refractivity (Wildman–Crippen MR) is 78.6 cm³/mol. The van der Waals surface area contributed by atoms with Crippen LogP contribution >= 0.6 is 31.9 Å². The Labute approximate surface area is 124 Å². The summed E-state index contributed by atoms with van der Waals surface area (Å²) in [5, 5.41) is 23.0. The summed E-state index contributed by atoms with van der Waals surface area (Å²) < 4.78 is 1.63. The molecule has 3 N–H and O–H groups in total. The molecule has 0 heterocycles. The molecule has 3 nitrogen and oxygen atoms in total. The maximum absolute atomic E-state index is 9.95. The van der Waals surface area contributed by atoms with Crippen molar-refractivity contribution >= 4 is 31.9 Å². The molecule has 1 aromatic rings. The van der Waals surface area contributed by atoms with Gasteiger partial charge in [0.05, 0.1) is 10.6 Å². The van der Waals surface area contributed by atoms with E-state index in [1.165, 1.54) is 0 Å². The van der Waals surface area contributed by atoms with E-state index in [0.29, 0.717) is 17.1 Å². The minimum absolute atomic E-state index is 0.181. The summed E-state index contributed by atoms with van der Waals surface area (Å²) in [4.78, 5) is 0. The summed E-state index contributed by atoms with van der Waals surface area (Å²) in [7, 11) is 0. The lowest BCUT2D eigenvalue weighted by molar-refractivity contribution is 0.111. The van der Waals surface area contributed by atoms with Crippen LogP contribution in [0.2, 0.25) is 0 Å². The van der Waals surface area contributed by atoms with Gasteiger partial charge >= 0.3 is 0 Å². The SMILES string of the molecule is Oc1c(Br)cc(Br)cc1CN[C@@H]1CCC[C@H](O)C1. The van der Waals surface area contributed by atoms with Crippen LogP contribution in [-0.4, -0.2) is 22.4 Å². The normalized spacial score (nSPS) is 24.2. The van der Waals surface area contributed by atoms with Gasteiger partial charge in [0, 0.05) is 22.6 Å². The van der Waals surface area contributed by atoms with E-state index in [1.54, 1.807) is 0 Å². The molecule has 0 unspecified atom stereocenters. The monoisotopic (exact) mass is 377 g/mol. The maximum Gasteiger partial charge on any atom is 0.134 e. The number of phenols is 1. The van der Waals surface area contributed by atoms with Gasteiger partial charge in [0.15, 0.2) is 0 Å². The van der Waals surface area contributed by atoms with Crippen molar-refractivity contribution in [2.45, 2.75) is 44.4 Å². The molecule has 0 bridgehead atoms. The molecule has 1 saturated carbocycles. The van der Waals surface area contributed by atoms with Crippen LogP contribution in [0.3, 0.4) is 0 Å². The topological polar surface area (TPSA) is 52.5 Å². The summed E-state index contributed by atoms with van der Waals surface area (Å²) >= 11 is 6.74. The molecule has 100 valence electrons. The van der Waals surface area contributed by atoms with Crippen molar-refractivity contribution in [2.24, 2.45) is 0 Å². The zero-order valence-electron chi connectivity index (χ0n) is 10.00. The number of benzene rings is 1. The molecule has 1 fully saturated rings. The minimum atomic E-state index is -0.181. The number of aliphatic hydroxyl groups is 1. The average molecular weight is 379 g/mol. The lowest BCUT2D eigenvalue weighted by Crippen LogP contribution is -2.35. The lowest BCUT2D eigenvalue weighted by atomic mass is 9.93. The first-order valence-corrected chi connectivity index (χ1v) is 7.73. The van der Waals surface area contributed by atoms with Gasteiger partial charge in [0.25, 0.3) is 0 Å². The second-order valence-electron chi connectivity index (χ2n) is 4.79. The zero-order chi connectivity index (χ0) is 13.1. The predicted octanol–water partition coefficient (Wildman–Crippen LogP) is 3.31. The summed E-state index contributed by atoms with van der Waals surface area (Å²) in [5.41, 5.74) is 0.858. The van der Waals surface area contributed by atoms with Gasteiger partial charge in [-0.3, -0.25) is 0 Å². The van der Waals surface area contributed by atoms with Crippen molar-refractivity contribution in [2.75, 3.05) is 0 Å². The van der Waals surface area contributed by atoms with Gasteiger partial charge in [-0.1, -0.05) is 15.9 Å². The first-order chi connectivity index (χ1) is 8.56. The highest BCUT2D eigenvalue weighted by Crippen LogP contribution is 2.31. The Morgan fingerprint density at radius 3 is 2.78 bits per heavy atom. The highest BCUT2D eigenvalue weighted by molar-refractivity contribution is 9.11. The third kappa shape index (κ3) is 3.70. The molecular weight excluding hydrogens is 362 g/mol. The van der Waals surface area contributed by atoms with Gasteiger partial charge < -0.3 is 15.5 Å². The maximum atomic E-state index is 9.95. The number of hydrogen-bond acceptors (Lipinski definition) is 3. The molecule has 1 aliphatic carbocycles. The molecule has 0 spiro atoms. The average Bonchev–Trinajstić information content (AvgIpc) is 2.32. The number of rotatable bonds is 3. The first kappa shape index (κ1) is 14.3. The van der Waals surface area contributed by atoms with Crippen molar-refractivity contribution in [3.8, 4) is 5.75 Å². The molecular formula is C13H17Br2NO2. The van der Waals surface area contributed by atoms with Crippen LogP contribution in [0.4, 0.5) is 0 Å². The van der Waals surface area contributed by atoms with Gasteiger partial charge in [-0.15, -0.1) is 0 Å². The van der Waals surface area contributed by atoms with Crippen LogP contribution in [0, 0.1) is 0 Å². The third-order valence-electron chi connectivity index (χ3n) is 3.33. The molecule has 1 aliphatic rings. The first-order valence-electron chi connectivity index (χ1n) is 6.14. The third-order valence-corrected chi connectivity index (χ3v) is 4.40. The van der Waals surface area contributed by atoms with E-state index in [2.05, 4.69) is 37.2 Å². The molecule has 0 aliphatic heterocycles. The highest BCUT2D eigenvalue weighted by atomic mass is 79.9. The Balaban J connectivity index is 1.97. The van der Waals surface area contributed by atoms with Crippen molar-refractivity contribution in [3.63, 3.8) is 0 Å². The second kappa shape index (κ2) is 6.37. The van der Waals surface area contributed by atoms with E-state index in [-0.39, 0.29) is 11.9 Å². The van der Waals surface area contributed by atoms with Gasteiger partial charge in [-0.25, -0.2) is 0 Å². The largest absolute Gasteiger partial charge is 0.506 e. The fourth-order valence-corrected chi connectivity index (χ4v) is 3.67. The molecule has 0 radical (unpaired) electrons. The number of nitrogens with one attached hydrogen (secondary N) is 1. The highest BCUT2D eigenvalue weighted by Gasteiger charge is 2.20. The summed E-state index contributed by atoms with van der Waals surface area (Å²) in [6, 6.07) is 4.07. The van der Waals surface area contributed by atoms with Crippen molar-refractivity contribution < 1.29 is 10.2 Å². The van der Waals surface area contributed by atoms with Gasteiger partial charge in [0.1, 0.15) is 5.75 Å². The molecule has 1 aromatic carbocycles. The van der Waals surface area contributed by atoms with E-state index < -0.39 is 0 Å². The molecule has 0 amide bonds. The van der Waals surface area contributed by atoms with Gasteiger partial charge in [0.2, 0.25) is 0 Å². The summed E-state index contributed by atoms with van der Waals surface area (Å²) in [5.74, 6) is 0.280. The van der Waals surface area contributed by atoms with Crippen LogP contribution in [0.1, 0.15) is 31.2 Å². The zero-order valence-corrected chi connectivity index (χ0v) is 13.2.